The number of aromatic carboxylic acids is 1. The zero-order valence-electron chi connectivity index (χ0n) is 10.8. The van der Waals surface area contributed by atoms with Crippen molar-refractivity contribution in [3.8, 4) is 5.75 Å². The molecule has 0 saturated heterocycles. The first-order chi connectivity index (χ1) is 9.94. The summed E-state index contributed by atoms with van der Waals surface area (Å²) in [6, 6.07) is 3.63. The summed E-state index contributed by atoms with van der Waals surface area (Å²) in [7, 11) is -3.91. The Morgan fingerprint density at radius 3 is 2.81 bits per heavy atom. The minimum absolute atomic E-state index is 0.114. The highest BCUT2D eigenvalue weighted by Gasteiger charge is 2.20. The topological polar surface area (TPSA) is 118 Å². The second-order valence-corrected chi connectivity index (χ2v) is 6.25. The molecule has 0 amide bonds. The summed E-state index contributed by atoms with van der Waals surface area (Å²) in [5.41, 5.74) is -0.220. The molecule has 0 bridgehead atoms. The molecule has 0 aliphatic heterocycles. The molecule has 1 aromatic carbocycles. The Morgan fingerprint density at radius 2 is 2.24 bits per heavy atom. The number of sulfonamides is 1. The van der Waals surface area contributed by atoms with E-state index in [1.807, 2.05) is 0 Å². The number of hydrogen-bond acceptors (Lipinski definition) is 7. The van der Waals surface area contributed by atoms with E-state index in [1.54, 1.807) is 6.92 Å². The van der Waals surface area contributed by atoms with Crippen LogP contribution in [-0.4, -0.2) is 35.7 Å². The van der Waals surface area contributed by atoms with E-state index < -0.39 is 16.0 Å². The van der Waals surface area contributed by atoms with Crippen molar-refractivity contribution < 1.29 is 23.1 Å². The third-order valence-corrected chi connectivity index (χ3v) is 4.46. The van der Waals surface area contributed by atoms with Gasteiger partial charge in [-0.1, -0.05) is 4.49 Å². The lowest BCUT2D eigenvalue weighted by molar-refractivity contribution is 0.0692. The van der Waals surface area contributed by atoms with Gasteiger partial charge in [0.25, 0.3) is 10.0 Å². The Balaban J connectivity index is 2.39. The first-order valence-electron chi connectivity index (χ1n) is 5.74. The van der Waals surface area contributed by atoms with Crippen molar-refractivity contribution in [2.24, 2.45) is 0 Å². The van der Waals surface area contributed by atoms with E-state index in [0.717, 1.165) is 17.6 Å². The molecule has 0 saturated carbocycles. The van der Waals surface area contributed by atoms with Gasteiger partial charge in [-0.2, -0.15) is 0 Å². The fourth-order valence-corrected chi connectivity index (χ4v) is 3.24. The van der Waals surface area contributed by atoms with E-state index in [0.29, 0.717) is 0 Å². The molecule has 0 unspecified atom stereocenters. The maximum Gasteiger partial charge on any atom is 0.339 e. The smallest absolute Gasteiger partial charge is 0.339 e. The van der Waals surface area contributed by atoms with Crippen LogP contribution in [0.15, 0.2) is 29.3 Å². The van der Waals surface area contributed by atoms with Crippen LogP contribution in [0.1, 0.15) is 17.3 Å². The third-order valence-electron chi connectivity index (χ3n) is 2.39. The van der Waals surface area contributed by atoms with Crippen molar-refractivity contribution in [3.05, 3.63) is 30.0 Å². The van der Waals surface area contributed by atoms with Crippen LogP contribution in [0.2, 0.25) is 0 Å². The van der Waals surface area contributed by atoms with Gasteiger partial charge in [-0.05, 0) is 25.1 Å². The number of aromatic nitrogens is 2. The molecule has 112 valence electrons. The van der Waals surface area contributed by atoms with Crippen molar-refractivity contribution in [2.45, 2.75) is 11.8 Å². The Kier molecular flexibility index (Phi) is 4.38. The third kappa shape index (κ3) is 3.47. The van der Waals surface area contributed by atoms with E-state index in [9.17, 15) is 13.2 Å². The largest absolute Gasteiger partial charge is 0.493 e. The van der Waals surface area contributed by atoms with Gasteiger partial charge >= 0.3 is 5.97 Å². The number of carbonyl (C=O) groups is 1. The minimum Gasteiger partial charge on any atom is -0.493 e. The quantitative estimate of drug-likeness (QED) is 0.823. The number of nitrogens with zero attached hydrogens (tertiary/aromatic N) is 2. The Labute approximate surface area is 124 Å². The molecule has 2 N–H and O–H groups in total. The van der Waals surface area contributed by atoms with Crippen molar-refractivity contribution in [1.29, 1.82) is 0 Å². The molecule has 10 heteroatoms. The van der Waals surface area contributed by atoms with Gasteiger partial charge in [0.15, 0.2) is 0 Å². The van der Waals surface area contributed by atoms with Crippen LogP contribution in [-0.2, 0) is 10.0 Å². The molecule has 0 aliphatic carbocycles. The number of anilines is 1. The maximum atomic E-state index is 12.1. The van der Waals surface area contributed by atoms with Gasteiger partial charge in [0.2, 0.25) is 0 Å². The average molecular weight is 329 g/mol. The molecule has 8 nitrogen and oxygen atoms in total. The predicted molar refractivity (Wildman–Crippen MR) is 75.3 cm³/mol. The van der Waals surface area contributed by atoms with Gasteiger partial charge in [0.1, 0.15) is 16.3 Å². The van der Waals surface area contributed by atoms with Crippen LogP contribution in [0.3, 0.4) is 0 Å². The molecule has 21 heavy (non-hydrogen) atoms. The van der Waals surface area contributed by atoms with E-state index >= 15 is 0 Å². The highest BCUT2D eigenvalue weighted by molar-refractivity contribution is 7.93. The minimum atomic E-state index is -3.91. The number of carboxylic acids is 1. The summed E-state index contributed by atoms with van der Waals surface area (Å²) >= 11 is 0.874. The molecule has 1 aromatic heterocycles. The van der Waals surface area contributed by atoms with Gasteiger partial charge in [-0.25, -0.2) is 13.2 Å². The molecule has 1 heterocycles. The van der Waals surface area contributed by atoms with E-state index in [-0.39, 0.29) is 27.8 Å². The van der Waals surface area contributed by atoms with Crippen molar-refractivity contribution in [3.63, 3.8) is 0 Å². The molecule has 0 atom stereocenters. The molecular weight excluding hydrogens is 318 g/mol. The van der Waals surface area contributed by atoms with Gasteiger partial charge in [-0.15, -0.1) is 5.10 Å². The number of hydrogen-bond donors (Lipinski definition) is 2. The number of nitrogens with one attached hydrogen (secondary N) is 1. The highest BCUT2D eigenvalue weighted by atomic mass is 32.2. The summed E-state index contributed by atoms with van der Waals surface area (Å²) in [5, 5.41) is 12.9. The first-order valence-corrected chi connectivity index (χ1v) is 8.00. The fourth-order valence-electron chi connectivity index (χ4n) is 1.53. The number of benzene rings is 1. The van der Waals surface area contributed by atoms with Crippen molar-refractivity contribution >= 4 is 32.5 Å². The zero-order valence-corrected chi connectivity index (χ0v) is 12.4. The first kappa shape index (κ1) is 15.2. The number of rotatable bonds is 6. The van der Waals surface area contributed by atoms with Gasteiger partial charge in [0.05, 0.1) is 17.7 Å². The van der Waals surface area contributed by atoms with E-state index in [4.69, 9.17) is 9.84 Å². The Morgan fingerprint density at radius 1 is 1.48 bits per heavy atom. The fraction of sp³-hybridized carbons (Fsp3) is 0.182. The SMILES string of the molecule is CCOc1ccc(S(=O)(=O)Nc2cnns2)cc1C(=O)O. The van der Waals surface area contributed by atoms with Crippen LogP contribution < -0.4 is 9.46 Å². The standard InChI is InChI=1S/C11H11N3O5S2/c1-2-19-9-4-3-7(5-8(9)11(15)16)21(17,18)13-10-6-12-14-20-10/h3-6,13H,2H2,1H3,(H,15,16). The molecule has 2 rings (SSSR count). The Hall–Kier alpha value is -2.20. The second-order valence-electron chi connectivity index (χ2n) is 3.78. The monoisotopic (exact) mass is 329 g/mol. The van der Waals surface area contributed by atoms with Crippen LogP contribution in [0.25, 0.3) is 0 Å². The normalized spacial score (nSPS) is 11.1. The molecular formula is C11H11N3O5S2. The summed E-state index contributed by atoms with van der Waals surface area (Å²) in [5.74, 6) is -1.15. The van der Waals surface area contributed by atoms with Crippen LogP contribution in [0, 0.1) is 0 Å². The van der Waals surface area contributed by atoms with E-state index in [2.05, 4.69) is 14.3 Å². The van der Waals surface area contributed by atoms with Gasteiger partial charge in [-0.3, -0.25) is 4.72 Å². The highest BCUT2D eigenvalue weighted by Crippen LogP contribution is 2.24. The molecule has 0 spiro atoms. The zero-order chi connectivity index (χ0) is 15.5. The van der Waals surface area contributed by atoms with Crippen LogP contribution >= 0.6 is 11.5 Å². The maximum absolute atomic E-state index is 12.1. The van der Waals surface area contributed by atoms with Gasteiger partial charge < -0.3 is 9.84 Å². The summed E-state index contributed by atoms with van der Waals surface area (Å²) < 4.78 is 35.3. The van der Waals surface area contributed by atoms with E-state index in [1.165, 1.54) is 18.3 Å². The Bertz CT molecular complexity index is 743. The second kappa shape index (κ2) is 6.06. The van der Waals surface area contributed by atoms with Crippen LogP contribution in [0.4, 0.5) is 5.00 Å². The van der Waals surface area contributed by atoms with Crippen molar-refractivity contribution in [1.82, 2.24) is 9.59 Å². The molecule has 2 aromatic rings. The summed E-state index contributed by atoms with van der Waals surface area (Å²) in [6.45, 7) is 1.98. The number of ether oxygens (including phenoxy) is 1. The lowest BCUT2D eigenvalue weighted by Gasteiger charge is -2.10. The summed E-state index contributed by atoms with van der Waals surface area (Å²) in [6.07, 6.45) is 1.26. The summed E-state index contributed by atoms with van der Waals surface area (Å²) in [4.78, 5) is 11.0. The average Bonchev–Trinajstić information content (AvgIpc) is 2.91. The molecule has 0 aliphatic rings. The predicted octanol–water partition coefficient (Wildman–Crippen LogP) is 1.44. The lowest BCUT2D eigenvalue weighted by Crippen LogP contribution is -2.13. The molecule has 0 radical (unpaired) electrons. The van der Waals surface area contributed by atoms with Crippen LogP contribution in [0.5, 0.6) is 5.75 Å². The molecule has 0 fully saturated rings. The van der Waals surface area contributed by atoms with Crippen molar-refractivity contribution in [2.75, 3.05) is 11.3 Å². The lowest BCUT2D eigenvalue weighted by atomic mass is 10.2. The van der Waals surface area contributed by atoms with Gasteiger partial charge in [0, 0.05) is 11.5 Å². The number of carboxylic acid groups (broad SMARTS) is 1.